The third kappa shape index (κ3) is 4.98. The van der Waals surface area contributed by atoms with Gasteiger partial charge < -0.3 is 10.2 Å². The van der Waals surface area contributed by atoms with Gasteiger partial charge in [-0.15, -0.1) is 0 Å². The Morgan fingerprint density at radius 2 is 1.86 bits per heavy atom. The highest BCUT2D eigenvalue weighted by Gasteiger charge is 2.12. The van der Waals surface area contributed by atoms with Crippen molar-refractivity contribution in [3.05, 3.63) is 63.9 Å². The summed E-state index contributed by atoms with van der Waals surface area (Å²) in [6.45, 7) is 0.886. The van der Waals surface area contributed by atoms with Crippen LogP contribution in [0.1, 0.15) is 5.56 Å². The number of nitrogens with one attached hydrogen (secondary N) is 2. The third-order valence-corrected chi connectivity index (χ3v) is 3.65. The highest BCUT2D eigenvalue weighted by Crippen LogP contribution is 2.25. The molecule has 1 unspecified atom stereocenters. The molecule has 0 saturated heterocycles. The van der Waals surface area contributed by atoms with Gasteiger partial charge in [-0.05, 0) is 30.3 Å². The monoisotopic (exact) mass is 341 g/mol. The van der Waals surface area contributed by atoms with Gasteiger partial charge in [0.05, 0.1) is 17.8 Å². The first kappa shape index (κ1) is 16.7. The number of amides is 1. The molecule has 0 saturated carbocycles. The molecule has 0 radical (unpaired) electrons. The number of rotatable bonds is 5. The van der Waals surface area contributed by atoms with Crippen LogP contribution in [0.5, 0.6) is 0 Å². The van der Waals surface area contributed by atoms with Crippen molar-refractivity contribution in [3.63, 3.8) is 0 Å². The maximum absolute atomic E-state index is 12.9. The molecule has 2 N–H and O–H groups in total. The summed E-state index contributed by atoms with van der Waals surface area (Å²) in [5.41, 5.74) is 1.46. The first-order chi connectivity index (χ1) is 10.4. The number of hydrogen-bond acceptors (Lipinski definition) is 1. The van der Waals surface area contributed by atoms with Crippen LogP contribution in [0.25, 0.3) is 0 Å². The van der Waals surface area contributed by atoms with Gasteiger partial charge in [-0.3, -0.25) is 4.79 Å². The molecule has 116 valence electrons. The van der Waals surface area contributed by atoms with Crippen molar-refractivity contribution in [2.45, 2.75) is 6.54 Å². The smallest absolute Gasteiger partial charge is 0.279 e. The standard InChI is InChI=1S/C16H15Cl2FN2O/c1-21(9-11-2-5-13(19)6-3-11)10-16(22)20-15-8-12(17)4-7-14(15)18/h2-8H,9-10H2,1H3,(H,20,22)/p+1. The molecule has 2 aromatic rings. The molecule has 0 aliphatic heterocycles. The zero-order valence-corrected chi connectivity index (χ0v) is 13.5. The average molecular weight is 342 g/mol. The van der Waals surface area contributed by atoms with Crippen molar-refractivity contribution in [2.24, 2.45) is 0 Å². The number of carbonyl (C=O) groups is 1. The maximum Gasteiger partial charge on any atom is 0.279 e. The van der Waals surface area contributed by atoms with Crippen LogP contribution < -0.4 is 10.2 Å². The van der Waals surface area contributed by atoms with E-state index in [0.29, 0.717) is 22.3 Å². The van der Waals surface area contributed by atoms with Crippen molar-refractivity contribution < 1.29 is 14.1 Å². The Balaban J connectivity index is 1.91. The summed E-state index contributed by atoms with van der Waals surface area (Å²) in [4.78, 5) is 13.0. The van der Waals surface area contributed by atoms with E-state index >= 15 is 0 Å². The Hall–Kier alpha value is -1.62. The first-order valence-electron chi connectivity index (χ1n) is 6.74. The predicted molar refractivity (Wildman–Crippen MR) is 86.9 cm³/mol. The van der Waals surface area contributed by atoms with Gasteiger partial charge in [0.2, 0.25) is 0 Å². The second-order valence-electron chi connectivity index (χ2n) is 5.11. The van der Waals surface area contributed by atoms with Crippen LogP contribution in [0.3, 0.4) is 0 Å². The zero-order valence-electron chi connectivity index (χ0n) is 12.0. The van der Waals surface area contributed by atoms with Crippen molar-refractivity contribution in [1.82, 2.24) is 0 Å². The lowest BCUT2D eigenvalue weighted by molar-refractivity contribution is -0.885. The van der Waals surface area contributed by atoms with Crippen LogP contribution in [-0.4, -0.2) is 19.5 Å². The van der Waals surface area contributed by atoms with Gasteiger partial charge in [-0.1, -0.05) is 35.3 Å². The second-order valence-corrected chi connectivity index (χ2v) is 5.95. The summed E-state index contributed by atoms with van der Waals surface area (Å²) in [6, 6.07) is 11.1. The summed E-state index contributed by atoms with van der Waals surface area (Å²) < 4.78 is 12.9. The Bertz CT molecular complexity index is 662. The molecule has 0 aliphatic carbocycles. The molecule has 0 aliphatic rings. The zero-order chi connectivity index (χ0) is 16.1. The molecule has 0 aromatic heterocycles. The number of hydrogen-bond donors (Lipinski definition) is 2. The molecule has 22 heavy (non-hydrogen) atoms. The molecule has 2 aromatic carbocycles. The molecular formula is C16H16Cl2FN2O+. The molecule has 1 amide bonds. The van der Waals surface area contributed by atoms with Gasteiger partial charge in [0.1, 0.15) is 12.4 Å². The largest absolute Gasteiger partial charge is 0.326 e. The highest BCUT2D eigenvalue weighted by atomic mass is 35.5. The van der Waals surface area contributed by atoms with Gasteiger partial charge in [0, 0.05) is 10.6 Å². The van der Waals surface area contributed by atoms with Gasteiger partial charge in [0.15, 0.2) is 6.54 Å². The summed E-state index contributed by atoms with van der Waals surface area (Å²) in [6.07, 6.45) is 0. The fraction of sp³-hybridized carbons (Fsp3) is 0.188. The van der Waals surface area contributed by atoms with Crippen LogP contribution in [-0.2, 0) is 11.3 Å². The molecule has 0 bridgehead atoms. The average Bonchev–Trinajstić information content (AvgIpc) is 2.45. The van der Waals surface area contributed by atoms with Crippen LogP contribution in [0.15, 0.2) is 42.5 Å². The molecular weight excluding hydrogens is 326 g/mol. The van der Waals surface area contributed by atoms with E-state index in [2.05, 4.69) is 5.32 Å². The molecule has 6 heteroatoms. The van der Waals surface area contributed by atoms with Crippen molar-refractivity contribution in [2.75, 3.05) is 18.9 Å². The Labute approximate surface area is 138 Å². The summed E-state index contributed by atoms with van der Waals surface area (Å²) in [5.74, 6) is -0.432. The lowest BCUT2D eigenvalue weighted by atomic mass is 10.2. The van der Waals surface area contributed by atoms with Gasteiger partial charge >= 0.3 is 0 Å². The molecule has 1 atom stereocenters. The number of anilines is 1. The molecule has 0 heterocycles. The Morgan fingerprint density at radius 3 is 2.55 bits per heavy atom. The lowest BCUT2D eigenvalue weighted by Gasteiger charge is -2.14. The normalized spacial score (nSPS) is 12.0. The van der Waals surface area contributed by atoms with Crippen molar-refractivity contribution in [3.8, 4) is 0 Å². The van der Waals surface area contributed by atoms with Crippen LogP contribution in [0, 0.1) is 5.82 Å². The first-order valence-corrected chi connectivity index (χ1v) is 7.50. The van der Waals surface area contributed by atoms with E-state index in [1.54, 1.807) is 30.3 Å². The molecule has 0 fully saturated rings. The number of quaternary nitrogens is 1. The lowest BCUT2D eigenvalue weighted by Crippen LogP contribution is -3.08. The number of halogens is 3. The topological polar surface area (TPSA) is 33.5 Å². The Morgan fingerprint density at radius 1 is 1.18 bits per heavy atom. The maximum atomic E-state index is 12.9. The molecule has 0 spiro atoms. The van der Waals surface area contributed by atoms with Crippen LogP contribution in [0.4, 0.5) is 10.1 Å². The van der Waals surface area contributed by atoms with Crippen LogP contribution in [0.2, 0.25) is 10.0 Å². The number of benzene rings is 2. The number of carbonyl (C=O) groups excluding carboxylic acids is 1. The van der Waals surface area contributed by atoms with E-state index in [4.69, 9.17) is 23.2 Å². The summed E-state index contributed by atoms with van der Waals surface area (Å²) in [5, 5.41) is 3.69. The minimum atomic E-state index is -0.269. The van der Waals surface area contributed by atoms with E-state index in [1.165, 1.54) is 12.1 Å². The minimum absolute atomic E-state index is 0.163. The molecule has 3 nitrogen and oxygen atoms in total. The summed E-state index contributed by atoms with van der Waals surface area (Å²) >= 11 is 11.9. The fourth-order valence-electron chi connectivity index (χ4n) is 2.07. The number of likely N-dealkylation sites (N-methyl/N-ethyl adjacent to an activating group) is 1. The Kier molecular flexibility index (Phi) is 5.77. The fourth-order valence-corrected chi connectivity index (χ4v) is 2.41. The van der Waals surface area contributed by atoms with E-state index in [9.17, 15) is 9.18 Å². The van der Waals surface area contributed by atoms with Gasteiger partial charge in [-0.2, -0.15) is 0 Å². The SMILES string of the molecule is C[NH+](CC(=O)Nc1cc(Cl)ccc1Cl)Cc1ccc(F)cc1. The second kappa shape index (κ2) is 7.58. The molecule has 2 rings (SSSR count). The van der Waals surface area contributed by atoms with E-state index in [-0.39, 0.29) is 18.3 Å². The quantitative estimate of drug-likeness (QED) is 0.861. The van der Waals surface area contributed by atoms with Gasteiger partial charge in [-0.25, -0.2) is 4.39 Å². The van der Waals surface area contributed by atoms with Crippen molar-refractivity contribution >= 4 is 34.8 Å². The van der Waals surface area contributed by atoms with Crippen molar-refractivity contribution in [1.29, 1.82) is 0 Å². The van der Waals surface area contributed by atoms with E-state index < -0.39 is 0 Å². The third-order valence-electron chi connectivity index (χ3n) is 3.08. The highest BCUT2D eigenvalue weighted by molar-refractivity contribution is 6.35. The minimum Gasteiger partial charge on any atom is -0.326 e. The van der Waals surface area contributed by atoms with E-state index in [1.807, 2.05) is 7.05 Å². The van der Waals surface area contributed by atoms with Crippen LogP contribution >= 0.6 is 23.2 Å². The predicted octanol–water partition coefficient (Wildman–Crippen LogP) is 2.79. The summed E-state index contributed by atoms with van der Waals surface area (Å²) in [7, 11) is 1.89. The van der Waals surface area contributed by atoms with Gasteiger partial charge in [0.25, 0.3) is 5.91 Å². The van der Waals surface area contributed by atoms with E-state index in [0.717, 1.165) is 10.5 Å².